The summed E-state index contributed by atoms with van der Waals surface area (Å²) in [6.07, 6.45) is 7.49. The Morgan fingerprint density at radius 3 is 2.50 bits per heavy atom. The fourth-order valence-electron chi connectivity index (χ4n) is 2.90. The average Bonchev–Trinajstić information content (AvgIpc) is 3.25. The first-order chi connectivity index (χ1) is 15.2. The molecule has 0 aliphatic rings. The van der Waals surface area contributed by atoms with Crippen LogP contribution in [-0.4, -0.2) is 20.4 Å². The van der Waals surface area contributed by atoms with E-state index < -0.39 is 26.9 Å². The summed E-state index contributed by atoms with van der Waals surface area (Å²) in [5, 5.41) is 7.88. The van der Waals surface area contributed by atoms with E-state index in [0.29, 0.717) is 12.2 Å². The number of unbranched alkanes of at least 4 members (excludes halogenated alkanes) is 5. The molecule has 11 heteroatoms. The van der Waals surface area contributed by atoms with Crippen LogP contribution in [0.25, 0.3) is 0 Å². The zero-order valence-electron chi connectivity index (χ0n) is 17.8. The molecule has 176 valence electrons. The largest absolute Gasteiger partial charge is 0.467 e. The molecule has 0 atom stereocenters. The first-order valence-corrected chi connectivity index (χ1v) is 12.2. The van der Waals surface area contributed by atoms with Crippen LogP contribution in [0.5, 0.6) is 0 Å². The number of carbonyl (C=O) groups excluding carboxylic acids is 2. The van der Waals surface area contributed by atoms with Crippen molar-refractivity contribution < 1.29 is 32.2 Å². The van der Waals surface area contributed by atoms with Gasteiger partial charge in [-0.3, -0.25) is 0 Å². The Morgan fingerprint density at radius 1 is 1.12 bits per heavy atom. The molecule has 0 unspecified atom stereocenters. The Balaban J connectivity index is 2.04. The standard InChI is InChI=1S/C21H27ClN2O7S/c1-2-3-4-5-6-7-10-20(25)30-31-21(26)16-12-19(32(23,27)28)17(22)13-18(16)24-14-15-9-8-11-29-15/h8-9,11-13,24H,2-7,10,14H2,1H3,(H2,23,27,28). The molecule has 0 amide bonds. The predicted molar refractivity (Wildman–Crippen MR) is 118 cm³/mol. The second-order valence-corrected chi connectivity index (χ2v) is 9.09. The van der Waals surface area contributed by atoms with E-state index in [9.17, 15) is 18.0 Å². The number of carbonyl (C=O) groups is 2. The highest BCUT2D eigenvalue weighted by atomic mass is 35.5. The highest BCUT2D eigenvalue weighted by Crippen LogP contribution is 2.29. The van der Waals surface area contributed by atoms with Crippen molar-refractivity contribution in [2.24, 2.45) is 5.14 Å². The number of nitrogens with one attached hydrogen (secondary N) is 1. The molecule has 9 nitrogen and oxygen atoms in total. The molecule has 32 heavy (non-hydrogen) atoms. The summed E-state index contributed by atoms with van der Waals surface area (Å²) in [6, 6.07) is 5.58. The lowest BCUT2D eigenvalue weighted by atomic mass is 10.1. The van der Waals surface area contributed by atoms with Crippen LogP contribution in [-0.2, 0) is 31.1 Å². The van der Waals surface area contributed by atoms with E-state index in [1.54, 1.807) is 12.1 Å². The third-order valence-electron chi connectivity index (χ3n) is 4.58. The van der Waals surface area contributed by atoms with Crippen LogP contribution < -0.4 is 10.5 Å². The highest BCUT2D eigenvalue weighted by Gasteiger charge is 2.23. The Labute approximate surface area is 192 Å². The van der Waals surface area contributed by atoms with Crippen molar-refractivity contribution in [1.82, 2.24) is 0 Å². The van der Waals surface area contributed by atoms with Gasteiger partial charge < -0.3 is 9.73 Å². The molecule has 0 saturated heterocycles. The molecule has 0 spiro atoms. The molecule has 2 aromatic rings. The van der Waals surface area contributed by atoms with Gasteiger partial charge in [-0.15, -0.1) is 0 Å². The van der Waals surface area contributed by atoms with Crippen molar-refractivity contribution in [3.05, 3.63) is 46.9 Å². The number of hydrogen-bond acceptors (Lipinski definition) is 8. The van der Waals surface area contributed by atoms with Crippen molar-refractivity contribution in [1.29, 1.82) is 0 Å². The minimum absolute atomic E-state index is 0.103. The Kier molecular flexibility index (Phi) is 10.0. The maximum atomic E-state index is 12.5. The van der Waals surface area contributed by atoms with Gasteiger partial charge in [0, 0.05) is 0 Å². The summed E-state index contributed by atoms with van der Waals surface area (Å²) < 4.78 is 28.8. The summed E-state index contributed by atoms with van der Waals surface area (Å²) >= 11 is 6.02. The van der Waals surface area contributed by atoms with Gasteiger partial charge in [0.05, 0.1) is 35.5 Å². The van der Waals surface area contributed by atoms with E-state index in [4.69, 9.17) is 21.2 Å². The van der Waals surface area contributed by atoms with E-state index in [-0.39, 0.29) is 29.2 Å². The van der Waals surface area contributed by atoms with Crippen LogP contribution in [0.4, 0.5) is 5.69 Å². The second-order valence-electron chi connectivity index (χ2n) is 7.15. The minimum atomic E-state index is -4.21. The SMILES string of the molecule is CCCCCCCCC(=O)OOC(=O)c1cc(S(N)(=O)=O)c(Cl)cc1NCc1ccco1. The Bertz CT molecular complexity index is 1010. The first-order valence-electron chi connectivity index (χ1n) is 10.3. The average molecular weight is 487 g/mol. The van der Waals surface area contributed by atoms with Gasteiger partial charge in [0.25, 0.3) is 0 Å². The first kappa shape index (κ1) is 25.7. The number of primary sulfonamides is 1. The Hall–Kier alpha value is -2.56. The number of benzene rings is 1. The van der Waals surface area contributed by atoms with Crippen LogP contribution in [0.1, 0.15) is 68.0 Å². The third-order valence-corrected chi connectivity index (χ3v) is 5.95. The molecule has 0 fully saturated rings. The van der Waals surface area contributed by atoms with Gasteiger partial charge in [0.1, 0.15) is 10.7 Å². The van der Waals surface area contributed by atoms with Gasteiger partial charge in [-0.1, -0.05) is 50.6 Å². The molecule has 1 heterocycles. The van der Waals surface area contributed by atoms with Crippen molar-refractivity contribution in [3.8, 4) is 0 Å². The van der Waals surface area contributed by atoms with Crippen molar-refractivity contribution in [3.63, 3.8) is 0 Å². The maximum absolute atomic E-state index is 12.5. The van der Waals surface area contributed by atoms with Crippen LogP contribution in [0.15, 0.2) is 39.8 Å². The predicted octanol–water partition coefficient (Wildman–Crippen LogP) is 4.56. The van der Waals surface area contributed by atoms with E-state index in [1.165, 1.54) is 12.3 Å². The summed E-state index contributed by atoms with van der Waals surface area (Å²) in [7, 11) is -4.21. The van der Waals surface area contributed by atoms with Gasteiger partial charge in [0.2, 0.25) is 10.0 Å². The molecule has 0 aliphatic carbocycles. The van der Waals surface area contributed by atoms with E-state index in [0.717, 1.165) is 38.2 Å². The summed E-state index contributed by atoms with van der Waals surface area (Å²) in [4.78, 5) is 33.2. The van der Waals surface area contributed by atoms with Crippen molar-refractivity contribution >= 4 is 39.3 Å². The van der Waals surface area contributed by atoms with Crippen LogP contribution >= 0.6 is 11.6 Å². The number of nitrogens with two attached hydrogens (primary N) is 1. The van der Waals surface area contributed by atoms with Crippen molar-refractivity contribution in [2.75, 3.05) is 5.32 Å². The van der Waals surface area contributed by atoms with Gasteiger partial charge in [-0.05, 0) is 30.7 Å². The number of rotatable bonds is 12. The zero-order valence-corrected chi connectivity index (χ0v) is 19.3. The minimum Gasteiger partial charge on any atom is -0.467 e. The second kappa shape index (κ2) is 12.5. The van der Waals surface area contributed by atoms with Gasteiger partial charge in [-0.2, -0.15) is 0 Å². The summed E-state index contributed by atoms with van der Waals surface area (Å²) in [6.45, 7) is 2.30. The van der Waals surface area contributed by atoms with Gasteiger partial charge >= 0.3 is 11.9 Å². The molecule has 2 rings (SSSR count). The van der Waals surface area contributed by atoms with E-state index in [2.05, 4.69) is 22.0 Å². The molecule has 0 radical (unpaired) electrons. The number of sulfonamides is 1. The van der Waals surface area contributed by atoms with E-state index >= 15 is 0 Å². The lowest BCUT2D eigenvalue weighted by Gasteiger charge is -2.13. The Morgan fingerprint density at radius 2 is 1.84 bits per heavy atom. The molecule has 3 N–H and O–H groups in total. The molecule has 1 aromatic carbocycles. The molecule has 0 aliphatic heterocycles. The fraction of sp³-hybridized carbons (Fsp3) is 0.429. The smallest absolute Gasteiger partial charge is 0.388 e. The normalized spacial score (nSPS) is 11.2. The molecular weight excluding hydrogens is 460 g/mol. The fourth-order valence-corrected chi connectivity index (χ4v) is 4.00. The molecule has 1 aromatic heterocycles. The van der Waals surface area contributed by atoms with Gasteiger partial charge in [-0.25, -0.2) is 32.9 Å². The molecule has 0 bridgehead atoms. The number of halogens is 1. The summed E-state index contributed by atoms with van der Waals surface area (Å²) in [5.41, 5.74) is -0.0758. The molecular formula is C21H27ClN2O7S. The quantitative estimate of drug-likeness (QED) is 0.253. The van der Waals surface area contributed by atoms with Crippen molar-refractivity contribution in [2.45, 2.75) is 63.3 Å². The van der Waals surface area contributed by atoms with E-state index in [1.807, 2.05) is 0 Å². The lowest BCUT2D eigenvalue weighted by molar-refractivity contribution is -0.234. The van der Waals surface area contributed by atoms with Gasteiger partial charge in [0.15, 0.2) is 0 Å². The topological polar surface area (TPSA) is 138 Å². The number of furan rings is 1. The highest BCUT2D eigenvalue weighted by molar-refractivity contribution is 7.89. The maximum Gasteiger partial charge on any atom is 0.388 e. The van der Waals surface area contributed by atoms with Crippen LogP contribution in [0, 0.1) is 0 Å². The monoisotopic (exact) mass is 486 g/mol. The number of hydrogen-bond donors (Lipinski definition) is 2. The zero-order chi connectivity index (χ0) is 23.6. The van der Waals surface area contributed by atoms with Crippen LogP contribution in [0.2, 0.25) is 5.02 Å². The molecule has 0 saturated carbocycles. The third kappa shape index (κ3) is 8.18. The number of anilines is 1. The summed E-state index contributed by atoms with van der Waals surface area (Å²) in [5.74, 6) is -1.22. The van der Waals surface area contributed by atoms with Crippen LogP contribution in [0.3, 0.4) is 0 Å². The lowest BCUT2D eigenvalue weighted by Crippen LogP contribution is -2.17.